The summed E-state index contributed by atoms with van der Waals surface area (Å²) in [5.41, 5.74) is 2.03. The summed E-state index contributed by atoms with van der Waals surface area (Å²) in [6.45, 7) is 1.86. The van der Waals surface area contributed by atoms with Crippen LogP contribution in [0.2, 0.25) is 0 Å². The second-order valence-electron chi connectivity index (χ2n) is 4.38. The number of carbonyl (C=O) groups is 1. The molecule has 0 atom stereocenters. The number of hydrogen-bond acceptors (Lipinski definition) is 4. The van der Waals surface area contributed by atoms with Gasteiger partial charge in [-0.2, -0.15) is 0 Å². The summed E-state index contributed by atoms with van der Waals surface area (Å²) >= 11 is 0. The number of amides is 1. The number of hydrogen-bond donors (Lipinski definition) is 2. The first-order valence-corrected chi connectivity index (χ1v) is 6.61. The van der Waals surface area contributed by atoms with Gasteiger partial charge in [-0.1, -0.05) is 6.07 Å². The average molecular weight is 270 g/mol. The number of nitrogens with one attached hydrogen (secondary N) is 2. The molecule has 2 rings (SSSR count). The molecule has 0 saturated carbocycles. The van der Waals surface area contributed by atoms with Crippen LogP contribution < -0.4 is 10.6 Å². The topological polar surface area (TPSA) is 66.9 Å². The molecular formula is C15H18N4O. The maximum atomic E-state index is 11.6. The molecule has 5 heteroatoms. The Morgan fingerprint density at radius 3 is 2.65 bits per heavy atom. The standard InChI is InChI=1S/C15H18N4O/c20-15(19-11-13-4-8-16-9-5-13)6-10-17-12-14-3-1-2-7-18-14/h1-5,7-9,17H,6,10-12H2,(H,19,20). The Labute approximate surface area is 118 Å². The van der Waals surface area contributed by atoms with Crippen molar-refractivity contribution in [3.63, 3.8) is 0 Å². The third-order valence-electron chi connectivity index (χ3n) is 2.80. The van der Waals surface area contributed by atoms with Gasteiger partial charge in [-0.05, 0) is 29.8 Å². The molecule has 2 aromatic rings. The molecule has 0 radical (unpaired) electrons. The van der Waals surface area contributed by atoms with Crippen LogP contribution in [0, 0.1) is 0 Å². The molecule has 5 nitrogen and oxygen atoms in total. The zero-order chi connectivity index (χ0) is 14.0. The van der Waals surface area contributed by atoms with Crippen molar-refractivity contribution in [3.05, 3.63) is 60.2 Å². The van der Waals surface area contributed by atoms with Crippen LogP contribution in [0.15, 0.2) is 48.9 Å². The molecule has 2 heterocycles. The third-order valence-corrected chi connectivity index (χ3v) is 2.80. The summed E-state index contributed by atoms with van der Waals surface area (Å²) in [6, 6.07) is 9.57. The van der Waals surface area contributed by atoms with E-state index in [0.717, 1.165) is 11.3 Å². The first kappa shape index (κ1) is 14.1. The van der Waals surface area contributed by atoms with E-state index in [4.69, 9.17) is 0 Å². The lowest BCUT2D eigenvalue weighted by molar-refractivity contribution is -0.121. The second-order valence-corrected chi connectivity index (χ2v) is 4.38. The SMILES string of the molecule is O=C(CCNCc1ccccn1)NCc1ccncc1. The Morgan fingerprint density at radius 2 is 1.90 bits per heavy atom. The Hall–Kier alpha value is -2.27. The molecule has 0 aliphatic rings. The molecule has 0 spiro atoms. The molecular weight excluding hydrogens is 252 g/mol. The van der Waals surface area contributed by atoms with E-state index in [1.807, 2.05) is 30.3 Å². The minimum absolute atomic E-state index is 0.0373. The largest absolute Gasteiger partial charge is 0.352 e. The van der Waals surface area contributed by atoms with E-state index in [0.29, 0.717) is 26.1 Å². The van der Waals surface area contributed by atoms with E-state index in [-0.39, 0.29) is 5.91 Å². The van der Waals surface area contributed by atoms with Crippen LogP contribution in [0.1, 0.15) is 17.7 Å². The van der Waals surface area contributed by atoms with E-state index in [1.54, 1.807) is 18.6 Å². The fraction of sp³-hybridized carbons (Fsp3) is 0.267. The van der Waals surface area contributed by atoms with Crippen molar-refractivity contribution >= 4 is 5.91 Å². The zero-order valence-corrected chi connectivity index (χ0v) is 11.2. The summed E-state index contributed by atoms with van der Waals surface area (Å²) in [5, 5.41) is 6.07. The van der Waals surface area contributed by atoms with Gasteiger partial charge in [-0.15, -0.1) is 0 Å². The highest BCUT2D eigenvalue weighted by atomic mass is 16.1. The minimum Gasteiger partial charge on any atom is -0.352 e. The van der Waals surface area contributed by atoms with Gasteiger partial charge in [0.05, 0.1) is 5.69 Å². The van der Waals surface area contributed by atoms with Gasteiger partial charge in [0.15, 0.2) is 0 Å². The fourth-order valence-electron chi connectivity index (χ4n) is 1.71. The van der Waals surface area contributed by atoms with Gasteiger partial charge in [0.1, 0.15) is 0 Å². The van der Waals surface area contributed by atoms with Crippen LogP contribution in [-0.2, 0) is 17.9 Å². The van der Waals surface area contributed by atoms with Crippen LogP contribution >= 0.6 is 0 Å². The fourth-order valence-corrected chi connectivity index (χ4v) is 1.71. The molecule has 104 valence electrons. The Morgan fingerprint density at radius 1 is 1.05 bits per heavy atom. The van der Waals surface area contributed by atoms with E-state index in [1.165, 1.54) is 0 Å². The molecule has 2 N–H and O–H groups in total. The van der Waals surface area contributed by atoms with E-state index in [9.17, 15) is 4.79 Å². The lowest BCUT2D eigenvalue weighted by Gasteiger charge is -2.06. The third kappa shape index (κ3) is 5.16. The lowest BCUT2D eigenvalue weighted by atomic mass is 10.2. The Bertz CT molecular complexity index is 516. The van der Waals surface area contributed by atoms with E-state index < -0.39 is 0 Å². The number of rotatable bonds is 7. The molecule has 0 aliphatic heterocycles. The average Bonchev–Trinajstić information content (AvgIpc) is 2.52. The predicted octanol–water partition coefficient (Wildman–Crippen LogP) is 1.27. The van der Waals surface area contributed by atoms with Crippen LogP contribution in [0.4, 0.5) is 0 Å². The van der Waals surface area contributed by atoms with Gasteiger partial charge in [0.25, 0.3) is 0 Å². The predicted molar refractivity (Wildman–Crippen MR) is 76.6 cm³/mol. The van der Waals surface area contributed by atoms with Crippen molar-refractivity contribution in [2.75, 3.05) is 6.54 Å². The van der Waals surface area contributed by atoms with Gasteiger partial charge in [0.2, 0.25) is 5.91 Å². The quantitative estimate of drug-likeness (QED) is 0.744. The van der Waals surface area contributed by atoms with Gasteiger partial charge in [-0.3, -0.25) is 14.8 Å². The summed E-state index contributed by atoms with van der Waals surface area (Å²) in [6.07, 6.45) is 5.65. The monoisotopic (exact) mass is 270 g/mol. The van der Waals surface area contributed by atoms with Crippen molar-refractivity contribution in [3.8, 4) is 0 Å². The Balaban J connectivity index is 1.59. The highest BCUT2D eigenvalue weighted by molar-refractivity contribution is 5.76. The highest BCUT2D eigenvalue weighted by Gasteiger charge is 2.01. The maximum Gasteiger partial charge on any atom is 0.221 e. The summed E-state index contributed by atoms with van der Waals surface area (Å²) < 4.78 is 0. The van der Waals surface area contributed by atoms with Crippen LogP contribution in [0.25, 0.3) is 0 Å². The van der Waals surface area contributed by atoms with Crippen molar-refractivity contribution in [1.82, 2.24) is 20.6 Å². The van der Waals surface area contributed by atoms with Crippen molar-refractivity contribution < 1.29 is 4.79 Å². The van der Waals surface area contributed by atoms with Gasteiger partial charge >= 0.3 is 0 Å². The van der Waals surface area contributed by atoms with E-state index in [2.05, 4.69) is 20.6 Å². The van der Waals surface area contributed by atoms with Gasteiger partial charge in [0, 0.05) is 44.6 Å². The molecule has 2 aromatic heterocycles. The van der Waals surface area contributed by atoms with Crippen LogP contribution in [-0.4, -0.2) is 22.4 Å². The number of aromatic nitrogens is 2. The molecule has 0 bridgehead atoms. The van der Waals surface area contributed by atoms with Crippen molar-refractivity contribution in [2.45, 2.75) is 19.5 Å². The zero-order valence-electron chi connectivity index (χ0n) is 11.2. The molecule has 0 aromatic carbocycles. The first-order valence-electron chi connectivity index (χ1n) is 6.61. The van der Waals surface area contributed by atoms with Gasteiger partial charge in [-0.25, -0.2) is 0 Å². The number of nitrogens with zero attached hydrogens (tertiary/aromatic N) is 2. The smallest absolute Gasteiger partial charge is 0.221 e. The van der Waals surface area contributed by atoms with Crippen LogP contribution in [0.5, 0.6) is 0 Å². The lowest BCUT2D eigenvalue weighted by Crippen LogP contribution is -2.27. The highest BCUT2D eigenvalue weighted by Crippen LogP contribution is 1.95. The summed E-state index contributed by atoms with van der Waals surface area (Å²) in [4.78, 5) is 19.8. The first-order chi connectivity index (χ1) is 9.84. The summed E-state index contributed by atoms with van der Waals surface area (Å²) in [7, 11) is 0. The molecule has 0 unspecified atom stereocenters. The molecule has 0 aliphatic carbocycles. The van der Waals surface area contributed by atoms with E-state index >= 15 is 0 Å². The molecule has 0 saturated heterocycles. The van der Waals surface area contributed by atoms with Crippen molar-refractivity contribution in [2.24, 2.45) is 0 Å². The Kier molecular flexibility index (Phi) is 5.67. The molecule has 0 fully saturated rings. The normalized spacial score (nSPS) is 10.2. The van der Waals surface area contributed by atoms with Crippen molar-refractivity contribution in [1.29, 1.82) is 0 Å². The molecule has 1 amide bonds. The minimum atomic E-state index is 0.0373. The summed E-state index contributed by atoms with van der Waals surface area (Å²) in [5.74, 6) is 0.0373. The second kappa shape index (κ2) is 8.01. The van der Waals surface area contributed by atoms with Crippen LogP contribution in [0.3, 0.4) is 0 Å². The maximum absolute atomic E-state index is 11.6. The molecule has 20 heavy (non-hydrogen) atoms. The van der Waals surface area contributed by atoms with Gasteiger partial charge < -0.3 is 10.6 Å². The number of pyridine rings is 2. The number of carbonyl (C=O) groups excluding carboxylic acids is 1.